The summed E-state index contributed by atoms with van der Waals surface area (Å²) in [5, 5.41) is 33.9. The SMILES string of the molecule is CCCC(=N)CCN(C)S(=O)(=O)c1ccc(-c2ccnc(NCCN3C(O)NC(O)C3(C)C)n2)s1. The Morgan fingerprint density at radius 1 is 1.31 bits per heavy atom. The van der Waals surface area contributed by atoms with Crippen molar-refractivity contribution >= 4 is 33.0 Å². The molecule has 3 rings (SSSR count). The monoisotopic (exact) mass is 525 g/mol. The lowest BCUT2D eigenvalue weighted by atomic mass is 10.0. The molecule has 1 fully saturated rings. The van der Waals surface area contributed by atoms with Gasteiger partial charge in [0.05, 0.1) is 16.1 Å². The van der Waals surface area contributed by atoms with Gasteiger partial charge in [0.2, 0.25) is 5.95 Å². The summed E-state index contributed by atoms with van der Waals surface area (Å²) < 4.78 is 27.4. The molecule has 0 aromatic carbocycles. The maximum Gasteiger partial charge on any atom is 0.252 e. The van der Waals surface area contributed by atoms with Gasteiger partial charge in [-0.3, -0.25) is 10.2 Å². The van der Waals surface area contributed by atoms with E-state index in [2.05, 4.69) is 20.6 Å². The zero-order valence-corrected chi connectivity index (χ0v) is 22.2. The van der Waals surface area contributed by atoms with Crippen LogP contribution in [0.25, 0.3) is 10.6 Å². The van der Waals surface area contributed by atoms with Gasteiger partial charge in [-0.2, -0.15) is 4.31 Å². The van der Waals surface area contributed by atoms with Crippen molar-refractivity contribution in [1.29, 1.82) is 5.41 Å². The third-order valence-electron chi connectivity index (χ3n) is 6.08. The summed E-state index contributed by atoms with van der Waals surface area (Å²) in [5.41, 5.74) is 0.518. The second-order valence-electron chi connectivity index (χ2n) is 9.03. The highest BCUT2D eigenvalue weighted by molar-refractivity contribution is 7.91. The van der Waals surface area contributed by atoms with Crippen LogP contribution in [-0.2, 0) is 10.0 Å². The highest BCUT2D eigenvalue weighted by atomic mass is 32.2. The van der Waals surface area contributed by atoms with Gasteiger partial charge in [-0.25, -0.2) is 18.4 Å². The van der Waals surface area contributed by atoms with Crippen LogP contribution in [0.2, 0.25) is 0 Å². The van der Waals surface area contributed by atoms with Crippen LogP contribution in [0.1, 0.15) is 40.0 Å². The van der Waals surface area contributed by atoms with Crippen LogP contribution in [0.5, 0.6) is 0 Å². The summed E-state index contributed by atoms with van der Waals surface area (Å²) >= 11 is 1.14. The summed E-state index contributed by atoms with van der Waals surface area (Å²) in [7, 11) is -2.12. The van der Waals surface area contributed by atoms with Gasteiger partial charge in [-0.1, -0.05) is 13.3 Å². The Morgan fingerprint density at radius 2 is 2.06 bits per heavy atom. The highest BCUT2D eigenvalue weighted by Crippen LogP contribution is 2.31. The molecule has 1 aliphatic rings. The van der Waals surface area contributed by atoms with Gasteiger partial charge in [0.25, 0.3) is 10.0 Å². The number of aromatic nitrogens is 2. The molecule has 0 bridgehead atoms. The van der Waals surface area contributed by atoms with Gasteiger partial charge in [0.15, 0.2) is 6.35 Å². The van der Waals surface area contributed by atoms with Gasteiger partial charge in [0.1, 0.15) is 10.4 Å². The minimum absolute atomic E-state index is 0.224. The van der Waals surface area contributed by atoms with Crippen LogP contribution in [0.15, 0.2) is 28.6 Å². The minimum Gasteiger partial charge on any atom is -0.377 e. The fraction of sp³-hybridized carbons (Fsp3) is 0.591. The van der Waals surface area contributed by atoms with Gasteiger partial charge in [-0.05, 0) is 44.9 Å². The highest BCUT2D eigenvalue weighted by Gasteiger charge is 2.45. The number of hydrogen-bond donors (Lipinski definition) is 5. The van der Waals surface area contributed by atoms with E-state index in [1.807, 2.05) is 20.8 Å². The molecule has 3 heterocycles. The fourth-order valence-corrected chi connectivity index (χ4v) is 6.43. The number of nitrogens with zero attached hydrogens (tertiary/aromatic N) is 4. The number of hydrogen-bond acceptors (Lipinski definition) is 11. The molecule has 5 N–H and O–H groups in total. The largest absolute Gasteiger partial charge is 0.377 e. The average molecular weight is 526 g/mol. The minimum atomic E-state index is -3.65. The third-order valence-corrected chi connectivity index (χ3v) is 9.51. The predicted octanol–water partition coefficient (Wildman–Crippen LogP) is 1.73. The Balaban J connectivity index is 1.63. The van der Waals surface area contributed by atoms with Gasteiger partial charge >= 0.3 is 0 Å². The van der Waals surface area contributed by atoms with Crippen LogP contribution in [0.3, 0.4) is 0 Å². The molecule has 2 unspecified atom stereocenters. The Kier molecular flexibility index (Phi) is 8.96. The Labute approximate surface area is 210 Å². The molecule has 0 saturated carbocycles. The van der Waals surface area contributed by atoms with Crippen molar-refractivity contribution in [1.82, 2.24) is 24.5 Å². The van der Waals surface area contributed by atoms with E-state index in [0.29, 0.717) is 48.2 Å². The van der Waals surface area contributed by atoms with Crippen molar-refractivity contribution in [2.45, 2.75) is 62.4 Å². The molecule has 2 aromatic rings. The normalized spacial score (nSPS) is 20.4. The van der Waals surface area contributed by atoms with E-state index >= 15 is 0 Å². The number of sulfonamides is 1. The summed E-state index contributed by atoms with van der Waals surface area (Å²) in [6.45, 7) is 6.82. The molecular formula is C22H35N7O4S2. The molecule has 194 valence electrons. The molecule has 11 nitrogen and oxygen atoms in total. The van der Waals surface area contributed by atoms with Crippen molar-refractivity contribution in [2.75, 3.05) is 32.0 Å². The van der Waals surface area contributed by atoms with Crippen LogP contribution in [0, 0.1) is 5.41 Å². The van der Waals surface area contributed by atoms with Gasteiger partial charge in [0, 0.05) is 38.6 Å². The molecule has 0 aliphatic carbocycles. The second kappa shape index (κ2) is 11.4. The number of anilines is 1. The number of nitrogens with one attached hydrogen (secondary N) is 3. The maximum atomic E-state index is 13.0. The molecule has 0 radical (unpaired) electrons. The van der Waals surface area contributed by atoms with E-state index in [4.69, 9.17) is 5.41 Å². The smallest absolute Gasteiger partial charge is 0.252 e. The summed E-state index contributed by atoms with van der Waals surface area (Å²) in [4.78, 5) is 11.2. The molecule has 1 saturated heterocycles. The standard InChI is InChI=1S/C22H35N7O4S2/c1-5-6-15(23)10-13-28(4)35(32,33)18-8-7-17(34-18)16-9-11-24-20(26-16)25-12-14-29-21(31)27-19(30)22(29,2)3/h7-9,11,19,21,23,27,30-31H,5-6,10,12-14H2,1-4H3,(H,24,25,26). The topological polar surface area (TPSA) is 155 Å². The van der Waals surface area contributed by atoms with Crippen molar-refractivity contribution < 1.29 is 18.6 Å². The van der Waals surface area contributed by atoms with Crippen LogP contribution < -0.4 is 10.6 Å². The van der Waals surface area contributed by atoms with Crippen LogP contribution in [-0.4, -0.2) is 88.3 Å². The molecule has 0 amide bonds. The molecule has 0 spiro atoms. The number of thiophene rings is 1. The first-order valence-corrected chi connectivity index (χ1v) is 13.8. The molecule has 2 aromatic heterocycles. The summed E-state index contributed by atoms with van der Waals surface area (Å²) in [5.74, 6) is 0.381. The molecule has 2 atom stereocenters. The lowest BCUT2D eigenvalue weighted by Crippen LogP contribution is -2.49. The number of aliphatic hydroxyl groups excluding tert-OH is 2. The lowest BCUT2D eigenvalue weighted by molar-refractivity contribution is -0.0191. The first-order chi connectivity index (χ1) is 16.5. The first-order valence-electron chi connectivity index (χ1n) is 11.6. The fourth-order valence-electron chi connectivity index (χ4n) is 3.78. The molecule has 1 aliphatic heterocycles. The van der Waals surface area contributed by atoms with E-state index < -0.39 is 28.1 Å². The summed E-state index contributed by atoms with van der Waals surface area (Å²) in [6, 6.07) is 5.02. The Bertz CT molecular complexity index is 1120. The van der Waals surface area contributed by atoms with Crippen molar-refractivity contribution in [3.63, 3.8) is 0 Å². The molecule has 35 heavy (non-hydrogen) atoms. The van der Waals surface area contributed by atoms with Crippen molar-refractivity contribution in [3.05, 3.63) is 24.4 Å². The zero-order chi connectivity index (χ0) is 25.8. The van der Waals surface area contributed by atoms with Crippen LogP contribution in [0.4, 0.5) is 5.95 Å². The van der Waals surface area contributed by atoms with E-state index in [9.17, 15) is 18.6 Å². The summed E-state index contributed by atoms with van der Waals surface area (Å²) in [6.07, 6.45) is 1.78. The maximum absolute atomic E-state index is 13.0. The van der Waals surface area contributed by atoms with Crippen LogP contribution >= 0.6 is 11.3 Å². The Morgan fingerprint density at radius 3 is 2.71 bits per heavy atom. The van der Waals surface area contributed by atoms with E-state index in [1.54, 1.807) is 29.3 Å². The molecule has 13 heteroatoms. The number of aliphatic hydroxyl groups is 2. The van der Waals surface area contributed by atoms with E-state index in [-0.39, 0.29) is 10.8 Å². The molecular weight excluding hydrogens is 490 g/mol. The average Bonchev–Trinajstić information content (AvgIpc) is 3.37. The van der Waals surface area contributed by atoms with Gasteiger partial charge < -0.3 is 20.9 Å². The predicted molar refractivity (Wildman–Crippen MR) is 137 cm³/mol. The zero-order valence-electron chi connectivity index (χ0n) is 20.5. The van der Waals surface area contributed by atoms with E-state index in [0.717, 1.165) is 17.8 Å². The van der Waals surface area contributed by atoms with Crippen molar-refractivity contribution in [3.8, 4) is 10.6 Å². The Hall–Kier alpha value is -2.00. The quantitative estimate of drug-likeness (QED) is 0.261. The number of rotatable bonds is 12. The lowest BCUT2D eigenvalue weighted by Gasteiger charge is -2.33. The van der Waals surface area contributed by atoms with E-state index in [1.165, 1.54) is 11.4 Å². The second-order valence-corrected chi connectivity index (χ2v) is 12.4. The third kappa shape index (κ3) is 6.42. The van der Waals surface area contributed by atoms with Crippen molar-refractivity contribution in [2.24, 2.45) is 0 Å². The first kappa shape index (κ1) is 27.6. The van der Waals surface area contributed by atoms with Gasteiger partial charge in [-0.15, -0.1) is 11.3 Å².